The number of benzene rings is 1. The van der Waals surface area contributed by atoms with E-state index in [2.05, 4.69) is 10.0 Å². The molecule has 1 aromatic rings. The first kappa shape index (κ1) is 13.9. The Kier molecular flexibility index (Phi) is 4.62. The van der Waals surface area contributed by atoms with E-state index in [1.165, 1.54) is 19.2 Å². The molecule has 1 aromatic carbocycles. The van der Waals surface area contributed by atoms with E-state index in [4.69, 9.17) is 10.3 Å². The molecule has 0 atom stereocenters. The van der Waals surface area contributed by atoms with Crippen molar-refractivity contribution in [3.63, 3.8) is 0 Å². The molecule has 0 spiro atoms. The Bertz CT molecular complexity index is 473. The van der Waals surface area contributed by atoms with Crippen LogP contribution in [-0.4, -0.2) is 13.3 Å². The van der Waals surface area contributed by atoms with Crippen LogP contribution in [0.25, 0.3) is 16.1 Å². The third kappa shape index (κ3) is 4.39. The summed E-state index contributed by atoms with van der Waals surface area (Å²) in [5, 5.41) is 3.25. The van der Waals surface area contributed by atoms with E-state index in [0.29, 0.717) is 11.3 Å². The van der Waals surface area contributed by atoms with Crippen LogP contribution in [0.4, 0.5) is 13.2 Å². The lowest BCUT2D eigenvalue weighted by Crippen LogP contribution is -2.04. The van der Waals surface area contributed by atoms with Gasteiger partial charge in [0, 0.05) is 10.6 Å². The number of rotatable bonds is 4. The molecule has 0 N–H and O–H groups in total. The summed E-state index contributed by atoms with van der Waals surface area (Å²) in [5.74, 6) is 0.565. The van der Waals surface area contributed by atoms with Gasteiger partial charge in [-0.3, -0.25) is 0 Å². The van der Waals surface area contributed by atoms with Gasteiger partial charge in [0.1, 0.15) is 5.75 Å². The molecule has 0 saturated heterocycles. The average molecular weight is 257 g/mol. The molecule has 0 radical (unpaired) electrons. The smallest absolute Gasteiger partial charge is 0.392 e. The Morgan fingerprint density at radius 3 is 2.44 bits per heavy atom. The standard InChI is InChI=1S/C11H10F3N3O/c1-18-9-4-2-8(3-5-9)10(16-17-15)6-7-11(12,13)14/h2-6H,7H2,1H3. The van der Waals surface area contributed by atoms with Crippen molar-refractivity contribution in [2.24, 2.45) is 5.11 Å². The monoisotopic (exact) mass is 257 g/mol. The van der Waals surface area contributed by atoms with Crippen molar-refractivity contribution in [1.82, 2.24) is 0 Å². The number of hydrogen-bond acceptors (Lipinski definition) is 2. The predicted octanol–water partition coefficient (Wildman–Crippen LogP) is 4.30. The highest BCUT2D eigenvalue weighted by Gasteiger charge is 2.25. The number of allylic oxidation sites excluding steroid dienone is 1. The lowest BCUT2D eigenvalue weighted by Gasteiger charge is -2.05. The second-order valence-corrected chi connectivity index (χ2v) is 3.33. The highest BCUT2D eigenvalue weighted by atomic mass is 19.4. The van der Waals surface area contributed by atoms with Crippen LogP contribution in [0, 0.1) is 0 Å². The molecule has 0 aliphatic heterocycles. The molecule has 0 saturated carbocycles. The van der Waals surface area contributed by atoms with E-state index in [1.807, 2.05) is 0 Å². The predicted molar refractivity (Wildman–Crippen MR) is 60.8 cm³/mol. The highest BCUT2D eigenvalue weighted by Crippen LogP contribution is 2.25. The molecule has 0 unspecified atom stereocenters. The third-order valence-electron chi connectivity index (χ3n) is 2.07. The Balaban J connectivity index is 3.00. The molecule has 4 nitrogen and oxygen atoms in total. The van der Waals surface area contributed by atoms with Crippen molar-refractivity contribution in [3.8, 4) is 5.75 Å². The van der Waals surface area contributed by atoms with E-state index in [0.717, 1.165) is 6.08 Å². The molecule has 0 bridgehead atoms. The van der Waals surface area contributed by atoms with Gasteiger partial charge in [-0.05, 0) is 23.2 Å². The second-order valence-electron chi connectivity index (χ2n) is 3.33. The van der Waals surface area contributed by atoms with E-state index in [9.17, 15) is 13.2 Å². The van der Waals surface area contributed by atoms with Gasteiger partial charge in [0.25, 0.3) is 0 Å². The first-order valence-electron chi connectivity index (χ1n) is 4.92. The minimum Gasteiger partial charge on any atom is -0.497 e. The summed E-state index contributed by atoms with van der Waals surface area (Å²) >= 11 is 0. The maximum absolute atomic E-state index is 12.1. The number of ether oxygens (including phenoxy) is 1. The van der Waals surface area contributed by atoms with Crippen LogP contribution in [0.15, 0.2) is 35.5 Å². The summed E-state index contributed by atoms with van der Waals surface area (Å²) in [4.78, 5) is 2.51. The average Bonchev–Trinajstić information content (AvgIpc) is 2.33. The minimum absolute atomic E-state index is 0.0579. The number of halogens is 3. The van der Waals surface area contributed by atoms with Crippen LogP contribution in [0.3, 0.4) is 0 Å². The number of methoxy groups -OCH3 is 1. The van der Waals surface area contributed by atoms with Gasteiger partial charge >= 0.3 is 6.18 Å². The molecule has 0 fully saturated rings. The van der Waals surface area contributed by atoms with E-state index in [1.54, 1.807) is 12.1 Å². The Labute approximate surface area is 101 Å². The molecular weight excluding hydrogens is 247 g/mol. The van der Waals surface area contributed by atoms with E-state index in [-0.39, 0.29) is 5.70 Å². The SMILES string of the molecule is COc1ccc(C(=CCC(F)(F)F)N=[N+]=[N-])cc1. The summed E-state index contributed by atoms with van der Waals surface area (Å²) in [6, 6.07) is 6.19. The molecule has 0 amide bonds. The highest BCUT2D eigenvalue weighted by molar-refractivity contribution is 5.65. The first-order valence-corrected chi connectivity index (χ1v) is 4.92. The number of hydrogen-bond donors (Lipinski definition) is 0. The number of nitrogens with zero attached hydrogens (tertiary/aromatic N) is 3. The van der Waals surface area contributed by atoms with Crippen molar-refractivity contribution >= 4 is 5.70 Å². The normalized spacial score (nSPS) is 11.9. The molecule has 96 valence electrons. The van der Waals surface area contributed by atoms with Crippen LogP contribution in [0.1, 0.15) is 12.0 Å². The molecule has 1 rings (SSSR count). The van der Waals surface area contributed by atoms with Crippen LogP contribution in [-0.2, 0) is 0 Å². The Morgan fingerprint density at radius 2 is 2.00 bits per heavy atom. The van der Waals surface area contributed by atoms with Gasteiger partial charge in [0.15, 0.2) is 0 Å². The topological polar surface area (TPSA) is 58.0 Å². The second kappa shape index (κ2) is 5.97. The molecule has 0 aliphatic carbocycles. The van der Waals surface area contributed by atoms with E-state index < -0.39 is 12.6 Å². The zero-order chi connectivity index (χ0) is 13.6. The zero-order valence-corrected chi connectivity index (χ0v) is 9.48. The van der Waals surface area contributed by atoms with Crippen LogP contribution in [0.2, 0.25) is 0 Å². The molecular formula is C11H10F3N3O. The fraction of sp³-hybridized carbons (Fsp3) is 0.273. The summed E-state index contributed by atoms with van der Waals surface area (Å²) in [5.41, 5.74) is 8.68. The fourth-order valence-electron chi connectivity index (χ4n) is 1.24. The molecule has 7 heteroatoms. The maximum atomic E-state index is 12.1. The Hall–Kier alpha value is -2.14. The maximum Gasteiger partial charge on any atom is 0.392 e. The van der Waals surface area contributed by atoms with Gasteiger partial charge in [-0.25, -0.2) is 0 Å². The molecule has 0 aromatic heterocycles. The van der Waals surface area contributed by atoms with Crippen LogP contribution >= 0.6 is 0 Å². The molecule has 0 heterocycles. The minimum atomic E-state index is -4.33. The first-order chi connectivity index (χ1) is 8.46. The van der Waals surface area contributed by atoms with Crippen LogP contribution in [0.5, 0.6) is 5.75 Å². The van der Waals surface area contributed by atoms with E-state index >= 15 is 0 Å². The van der Waals surface area contributed by atoms with Crippen molar-refractivity contribution < 1.29 is 17.9 Å². The summed E-state index contributed by atoms with van der Waals surface area (Å²) in [7, 11) is 1.48. The van der Waals surface area contributed by atoms with Crippen LogP contribution < -0.4 is 4.74 Å². The lowest BCUT2D eigenvalue weighted by atomic mass is 10.1. The van der Waals surface area contributed by atoms with Crippen molar-refractivity contribution in [2.75, 3.05) is 7.11 Å². The number of alkyl halides is 3. The van der Waals surface area contributed by atoms with Gasteiger partial charge in [0.2, 0.25) is 0 Å². The van der Waals surface area contributed by atoms with Gasteiger partial charge in [-0.15, -0.1) is 0 Å². The van der Waals surface area contributed by atoms with Gasteiger partial charge in [0.05, 0.1) is 13.5 Å². The number of azide groups is 1. The molecule has 0 aliphatic rings. The van der Waals surface area contributed by atoms with Gasteiger partial charge in [-0.1, -0.05) is 23.3 Å². The summed E-state index contributed by atoms with van der Waals surface area (Å²) < 4.78 is 41.2. The summed E-state index contributed by atoms with van der Waals surface area (Å²) in [6.07, 6.45) is -4.63. The van der Waals surface area contributed by atoms with Crippen molar-refractivity contribution in [3.05, 3.63) is 46.3 Å². The Morgan fingerprint density at radius 1 is 1.39 bits per heavy atom. The largest absolute Gasteiger partial charge is 0.497 e. The van der Waals surface area contributed by atoms with Gasteiger partial charge in [-0.2, -0.15) is 13.2 Å². The lowest BCUT2D eigenvalue weighted by molar-refractivity contribution is -0.124. The van der Waals surface area contributed by atoms with Gasteiger partial charge < -0.3 is 4.74 Å². The fourth-order valence-corrected chi connectivity index (χ4v) is 1.24. The third-order valence-corrected chi connectivity index (χ3v) is 2.07. The molecule has 18 heavy (non-hydrogen) atoms. The van der Waals surface area contributed by atoms with Crippen molar-refractivity contribution in [1.29, 1.82) is 0 Å². The summed E-state index contributed by atoms with van der Waals surface area (Å²) in [6.45, 7) is 0. The zero-order valence-electron chi connectivity index (χ0n) is 9.48. The van der Waals surface area contributed by atoms with Crippen molar-refractivity contribution in [2.45, 2.75) is 12.6 Å². The quantitative estimate of drug-likeness (QED) is 0.450.